The molecule has 12 heteroatoms. The quantitative estimate of drug-likeness (QED) is 0.442. The molecule has 0 radical (unpaired) electrons. The van der Waals surface area contributed by atoms with Gasteiger partial charge in [0.15, 0.2) is 6.61 Å². The molecule has 2 fully saturated rings. The normalized spacial score (nSPS) is 17.7. The van der Waals surface area contributed by atoms with E-state index in [0.29, 0.717) is 18.4 Å². The molecule has 0 atom stereocenters. The van der Waals surface area contributed by atoms with Crippen molar-refractivity contribution in [3.05, 3.63) is 23.8 Å². The van der Waals surface area contributed by atoms with Gasteiger partial charge in [0, 0.05) is 19.8 Å². The number of imide groups is 1. The predicted octanol–water partition coefficient (Wildman–Crippen LogP) is 0.592. The lowest BCUT2D eigenvalue weighted by Crippen LogP contribution is -2.44. The summed E-state index contributed by atoms with van der Waals surface area (Å²) in [5.41, 5.74) is -0.0562. The maximum absolute atomic E-state index is 12.6. The van der Waals surface area contributed by atoms with E-state index in [1.807, 2.05) is 0 Å². The van der Waals surface area contributed by atoms with Crippen LogP contribution >= 0.6 is 0 Å². The molecule has 1 aromatic rings. The Morgan fingerprint density at radius 2 is 1.88 bits per heavy atom. The van der Waals surface area contributed by atoms with Crippen molar-refractivity contribution in [2.45, 2.75) is 43.0 Å². The molecule has 2 N–H and O–H groups in total. The number of carbonyl (C=O) groups is 4. The molecule has 1 spiro atoms. The first kappa shape index (κ1) is 23.7. The van der Waals surface area contributed by atoms with E-state index >= 15 is 0 Å². The van der Waals surface area contributed by atoms with Crippen molar-refractivity contribution < 1.29 is 32.3 Å². The second-order valence-electron chi connectivity index (χ2n) is 8.08. The molecule has 1 aromatic carbocycles. The molecule has 32 heavy (non-hydrogen) atoms. The minimum absolute atomic E-state index is 0.000190. The predicted molar refractivity (Wildman–Crippen MR) is 113 cm³/mol. The molecule has 1 aliphatic heterocycles. The lowest BCUT2D eigenvalue weighted by molar-refractivity contribution is -0.150. The van der Waals surface area contributed by atoms with Gasteiger partial charge in [-0.2, -0.15) is 0 Å². The Balaban J connectivity index is 1.57. The highest BCUT2D eigenvalue weighted by Crippen LogP contribution is 2.34. The van der Waals surface area contributed by atoms with Gasteiger partial charge in [-0.1, -0.05) is 18.9 Å². The van der Waals surface area contributed by atoms with Gasteiger partial charge < -0.3 is 15.4 Å². The molecule has 1 heterocycles. The first-order valence-electron chi connectivity index (χ1n) is 10.1. The van der Waals surface area contributed by atoms with Gasteiger partial charge in [0.25, 0.3) is 11.8 Å². The van der Waals surface area contributed by atoms with Crippen LogP contribution in [-0.2, 0) is 29.1 Å². The van der Waals surface area contributed by atoms with Crippen molar-refractivity contribution in [2.75, 3.05) is 32.6 Å². The van der Waals surface area contributed by atoms with Crippen molar-refractivity contribution >= 4 is 39.5 Å². The molecule has 3 rings (SSSR count). The van der Waals surface area contributed by atoms with Crippen LogP contribution < -0.4 is 10.6 Å². The summed E-state index contributed by atoms with van der Waals surface area (Å²) in [5, 5.41) is 5.17. The van der Waals surface area contributed by atoms with Crippen molar-refractivity contribution in [1.29, 1.82) is 0 Å². The van der Waals surface area contributed by atoms with Gasteiger partial charge in [0.05, 0.1) is 4.90 Å². The van der Waals surface area contributed by atoms with Crippen LogP contribution in [0.5, 0.6) is 0 Å². The number of urea groups is 1. The number of ether oxygens (including phenoxy) is 1. The van der Waals surface area contributed by atoms with E-state index < -0.39 is 52.5 Å². The highest BCUT2D eigenvalue weighted by molar-refractivity contribution is 7.89. The Bertz CT molecular complexity index is 1060. The molecule has 174 valence electrons. The summed E-state index contributed by atoms with van der Waals surface area (Å²) >= 11 is 0. The van der Waals surface area contributed by atoms with E-state index in [1.165, 1.54) is 26.2 Å². The molecule has 2 aliphatic rings. The molecule has 1 saturated heterocycles. The standard InChI is InChI=1S/C20H26N4O7S/c1-13-6-7-14(32(29,30)23(2)3)10-15(13)21-16(25)12-31-17(26)11-24-18(27)20(22-19(24)28)8-4-5-9-20/h6-7,10H,4-5,8-9,11-12H2,1-3H3,(H,21,25)(H,22,28). The second kappa shape index (κ2) is 8.87. The third-order valence-corrected chi connectivity index (χ3v) is 7.43. The summed E-state index contributed by atoms with van der Waals surface area (Å²) in [4.78, 5) is 49.8. The van der Waals surface area contributed by atoms with E-state index in [2.05, 4.69) is 10.6 Å². The molecule has 11 nitrogen and oxygen atoms in total. The Hall–Kier alpha value is -2.99. The fourth-order valence-electron chi connectivity index (χ4n) is 3.75. The van der Waals surface area contributed by atoms with E-state index in [4.69, 9.17) is 4.74 Å². The average Bonchev–Trinajstić information content (AvgIpc) is 3.28. The van der Waals surface area contributed by atoms with Gasteiger partial charge in [0.1, 0.15) is 12.1 Å². The molecule has 0 bridgehead atoms. The van der Waals surface area contributed by atoms with Gasteiger partial charge in [-0.15, -0.1) is 0 Å². The molecule has 1 saturated carbocycles. The summed E-state index contributed by atoms with van der Waals surface area (Å²) in [7, 11) is -0.899. The van der Waals surface area contributed by atoms with Crippen LogP contribution in [0.15, 0.2) is 23.1 Å². The number of amides is 4. The summed E-state index contributed by atoms with van der Waals surface area (Å²) < 4.78 is 30.5. The number of nitrogens with zero attached hydrogens (tertiary/aromatic N) is 2. The minimum Gasteiger partial charge on any atom is -0.454 e. The van der Waals surface area contributed by atoms with E-state index in [0.717, 1.165) is 22.0 Å². The maximum Gasteiger partial charge on any atom is 0.326 e. The fraction of sp³-hybridized carbons (Fsp3) is 0.500. The highest BCUT2D eigenvalue weighted by Gasteiger charge is 2.52. The smallest absolute Gasteiger partial charge is 0.326 e. The third kappa shape index (κ3) is 4.60. The molecular weight excluding hydrogens is 440 g/mol. The number of rotatable bonds is 7. The number of carbonyl (C=O) groups excluding carboxylic acids is 4. The fourth-order valence-corrected chi connectivity index (χ4v) is 4.68. The number of aryl methyl sites for hydroxylation is 1. The van der Waals surface area contributed by atoms with Crippen LogP contribution in [0.25, 0.3) is 0 Å². The first-order valence-corrected chi connectivity index (χ1v) is 11.5. The Morgan fingerprint density at radius 3 is 2.50 bits per heavy atom. The van der Waals surface area contributed by atoms with Crippen LogP contribution in [-0.4, -0.2) is 74.2 Å². The SMILES string of the molecule is Cc1ccc(S(=O)(=O)N(C)C)cc1NC(=O)COC(=O)CN1C(=O)NC2(CCCC2)C1=O. The average molecular weight is 467 g/mol. The lowest BCUT2D eigenvalue weighted by Gasteiger charge is -2.19. The third-order valence-electron chi connectivity index (χ3n) is 5.62. The number of anilines is 1. The summed E-state index contributed by atoms with van der Waals surface area (Å²) in [6, 6.07) is 3.65. The summed E-state index contributed by atoms with van der Waals surface area (Å²) in [6.07, 6.45) is 2.71. The summed E-state index contributed by atoms with van der Waals surface area (Å²) in [5.74, 6) is -2.04. The van der Waals surface area contributed by atoms with Gasteiger partial charge in [-0.3, -0.25) is 19.3 Å². The zero-order chi connectivity index (χ0) is 23.7. The Morgan fingerprint density at radius 1 is 1.22 bits per heavy atom. The monoisotopic (exact) mass is 466 g/mol. The number of sulfonamides is 1. The first-order chi connectivity index (χ1) is 15.0. The van der Waals surface area contributed by atoms with E-state index in [-0.39, 0.29) is 10.6 Å². The minimum atomic E-state index is -3.69. The van der Waals surface area contributed by atoms with Crippen molar-refractivity contribution in [3.8, 4) is 0 Å². The molecule has 0 aromatic heterocycles. The second-order valence-corrected chi connectivity index (χ2v) is 10.2. The van der Waals surface area contributed by atoms with Crippen LogP contribution in [0, 0.1) is 6.92 Å². The summed E-state index contributed by atoms with van der Waals surface area (Å²) in [6.45, 7) is 0.442. The number of nitrogens with one attached hydrogen (secondary N) is 2. The molecule has 1 aliphatic carbocycles. The van der Waals surface area contributed by atoms with Gasteiger partial charge in [-0.25, -0.2) is 17.5 Å². The number of hydrogen-bond donors (Lipinski definition) is 2. The number of benzene rings is 1. The van der Waals surface area contributed by atoms with Crippen molar-refractivity contribution in [2.24, 2.45) is 0 Å². The van der Waals surface area contributed by atoms with Crippen LogP contribution in [0.3, 0.4) is 0 Å². The van der Waals surface area contributed by atoms with E-state index in [9.17, 15) is 27.6 Å². The zero-order valence-corrected chi connectivity index (χ0v) is 19.0. The maximum atomic E-state index is 12.6. The zero-order valence-electron chi connectivity index (χ0n) is 18.1. The van der Waals surface area contributed by atoms with Crippen molar-refractivity contribution in [1.82, 2.24) is 14.5 Å². The number of esters is 1. The van der Waals surface area contributed by atoms with Crippen LogP contribution in [0.2, 0.25) is 0 Å². The van der Waals surface area contributed by atoms with Crippen LogP contribution in [0.1, 0.15) is 31.2 Å². The van der Waals surface area contributed by atoms with Crippen molar-refractivity contribution in [3.63, 3.8) is 0 Å². The van der Waals surface area contributed by atoms with Crippen LogP contribution in [0.4, 0.5) is 10.5 Å². The lowest BCUT2D eigenvalue weighted by atomic mass is 9.98. The number of hydrogen-bond acceptors (Lipinski definition) is 7. The largest absolute Gasteiger partial charge is 0.454 e. The molecule has 0 unspecified atom stereocenters. The van der Waals surface area contributed by atoms with Gasteiger partial charge in [0.2, 0.25) is 10.0 Å². The Kier molecular flexibility index (Phi) is 6.56. The molecule has 4 amide bonds. The Labute approximate surface area is 186 Å². The highest BCUT2D eigenvalue weighted by atomic mass is 32.2. The topological polar surface area (TPSA) is 142 Å². The van der Waals surface area contributed by atoms with E-state index in [1.54, 1.807) is 13.0 Å². The van der Waals surface area contributed by atoms with Gasteiger partial charge in [-0.05, 0) is 37.5 Å². The van der Waals surface area contributed by atoms with Gasteiger partial charge >= 0.3 is 12.0 Å². The molecular formula is C20H26N4O7S.